The quantitative estimate of drug-likeness (QED) is 0.596. The van der Waals surface area contributed by atoms with Crippen LogP contribution in [0.1, 0.15) is 30.2 Å². The van der Waals surface area contributed by atoms with Crippen LogP contribution in [0.4, 0.5) is 5.82 Å². The molecule has 3 aromatic heterocycles. The molecule has 1 aliphatic heterocycles. The number of quaternary nitrogens is 1. The van der Waals surface area contributed by atoms with Gasteiger partial charge in [0.25, 0.3) is 0 Å². The van der Waals surface area contributed by atoms with E-state index >= 15 is 0 Å². The highest BCUT2D eigenvalue weighted by atomic mass is 32.1. The number of pyridine rings is 1. The summed E-state index contributed by atoms with van der Waals surface area (Å²) in [5, 5.41) is 4.93. The number of aryl methyl sites for hydroxylation is 1. The van der Waals surface area contributed by atoms with E-state index in [1.165, 1.54) is 35.2 Å². The number of morpholine rings is 1. The van der Waals surface area contributed by atoms with Crippen LogP contribution in [0.15, 0.2) is 24.5 Å². The topological polar surface area (TPSA) is 64.4 Å². The Morgan fingerprint density at radius 2 is 2.17 bits per heavy atom. The fourth-order valence-electron chi connectivity index (χ4n) is 4.55. The minimum atomic E-state index is 0.754. The largest absolute Gasteiger partial charge is 0.370 e. The number of anilines is 1. The standard InChI is InChI=1S/C23H29N5OS/c1-16-5-6-18-19(14-16)30-23-20(18)22(25-8-3-9-28-10-12-29-13-11-28)26-21(27-23)17-4-2-7-24-15-17/h2,4,7,15-16H,3,5-6,8-14H2,1H3,(H,25,26,27)/p+1/t16-/m0/s1. The second-order valence-electron chi connectivity index (χ2n) is 8.56. The SMILES string of the molecule is C[C@H]1CCc2c(sc3nc(-c4cccnc4)nc(NCCC[NH+]4CCOCC4)c23)C1. The number of fused-ring (bicyclic) bond motifs is 3. The summed E-state index contributed by atoms with van der Waals surface area (Å²) < 4.78 is 5.47. The fourth-order valence-corrected chi connectivity index (χ4v) is 5.93. The van der Waals surface area contributed by atoms with Crippen LogP contribution in [0.2, 0.25) is 0 Å². The number of nitrogens with one attached hydrogen (secondary N) is 2. The number of ether oxygens (including phenoxy) is 1. The first-order chi connectivity index (χ1) is 14.8. The molecule has 0 radical (unpaired) electrons. The number of nitrogens with zero attached hydrogens (tertiary/aromatic N) is 3. The molecule has 0 aromatic carbocycles. The van der Waals surface area contributed by atoms with Gasteiger partial charge in [-0.15, -0.1) is 11.3 Å². The molecule has 0 unspecified atom stereocenters. The highest BCUT2D eigenvalue weighted by Gasteiger charge is 2.24. The molecule has 1 aliphatic carbocycles. The van der Waals surface area contributed by atoms with Gasteiger partial charge in [0.2, 0.25) is 0 Å². The van der Waals surface area contributed by atoms with Gasteiger partial charge in [0.05, 0.1) is 25.1 Å². The van der Waals surface area contributed by atoms with Crippen molar-refractivity contribution in [2.75, 3.05) is 44.7 Å². The summed E-state index contributed by atoms with van der Waals surface area (Å²) in [7, 11) is 0. The van der Waals surface area contributed by atoms with E-state index in [-0.39, 0.29) is 0 Å². The molecule has 3 aromatic rings. The van der Waals surface area contributed by atoms with Gasteiger partial charge in [0, 0.05) is 35.8 Å². The van der Waals surface area contributed by atoms with Crippen LogP contribution in [0.5, 0.6) is 0 Å². The highest BCUT2D eigenvalue weighted by molar-refractivity contribution is 7.19. The molecule has 0 amide bonds. The van der Waals surface area contributed by atoms with Crippen LogP contribution in [-0.4, -0.2) is 54.3 Å². The molecule has 0 spiro atoms. The summed E-state index contributed by atoms with van der Waals surface area (Å²) in [5.41, 5.74) is 2.45. The van der Waals surface area contributed by atoms with Gasteiger partial charge in [-0.05, 0) is 42.9 Å². The normalized spacial score (nSPS) is 19.7. The smallest absolute Gasteiger partial charge is 0.164 e. The van der Waals surface area contributed by atoms with Crippen molar-refractivity contribution in [3.63, 3.8) is 0 Å². The molecule has 1 fully saturated rings. The van der Waals surface area contributed by atoms with Crippen molar-refractivity contribution in [3.05, 3.63) is 35.0 Å². The summed E-state index contributed by atoms with van der Waals surface area (Å²) in [6.07, 6.45) is 8.33. The van der Waals surface area contributed by atoms with Crippen molar-refractivity contribution in [3.8, 4) is 11.4 Å². The van der Waals surface area contributed by atoms with Crippen LogP contribution in [0.3, 0.4) is 0 Å². The van der Waals surface area contributed by atoms with Gasteiger partial charge < -0.3 is 15.0 Å². The molecule has 5 rings (SSSR count). The summed E-state index contributed by atoms with van der Waals surface area (Å²) in [4.78, 5) is 18.4. The maximum Gasteiger partial charge on any atom is 0.164 e. The van der Waals surface area contributed by atoms with E-state index in [0.29, 0.717) is 0 Å². The first kappa shape index (κ1) is 19.8. The molecule has 6 nitrogen and oxygen atoms in total. The molecular formula is C23H30N5OS+. The summed E-state index contributed by atoms with van der Waals surface area (Å²) in [5.74, 6) is 2.52. The number of rotatable bonds is 6. The lowest BCUT2D eigenvalue weighted by Gasteiger charge is -2.23. The monoisotopic (exact) mass is 424 g/mol. The zero-order valence-electron chi connectivity index (χ0n) is 17.6. The van der Waals surface area contributed by atoms with Gasteiger partial charge in [-0.25, -0.2) is 9.97 Å². The lowest BCUT2D eigenvalue weighted by atomic mass is 9.89. The Bertz CT molecular complexity index is 1000. The van der Waals surface area contributed by atoms with E-state index in [9.17, 15) is 0 Å². The predicted molar refractivity (Wildman–Crippen MR) is 121 cm³/mol. The number of aromatic nitrogens is 3. The maximum absolute atomic E-state index is 5.47. The number of thiophene rings is 1. The van der Waals surface area contributed by atoms with Gasteiger partial charge >= 0.3 is 0 Å². The highest BCUT2D eigenvalue weighted by Crippen LogP contribution is 2.40. The van der Waals surface area contributed by atoms with Gasteiger partial charge in [-0.2, -0.15) is 0 Å². The molecule has 2 aliphatic rings. The zero-order valence-corrected chi connectivity index (χ0v) is 18.4. The average Bonchev–Trinajstić information content (AvgIpc) is 3.15. The molecule has 158 valence electrons. The third-order valence-electron chi connectivity index (χ3n) is 6.27. The van der Waals surface area contributed by atoms with Crippen molar-refractivity contribution in [2.45, 2.75) is 32.6 Å². The Labute approximate surface area is 181 Å². The van der Waals surface area contributed by atoms with Crippen molar-refractivity contribution in [1.82, 2.24) is 15.0 Å². The van der Waals surface area contributed by atoms with Crippen molar-refractivity contribution in [2.24, 2.45) is 5.92 Å². The van der Waals surface area contributed by atoms with Gasteiger partial charge in [0.1, 0.15) is 23.7 Å². The van der Waals surface area contributed by atoms with Crippen LogP contribution in [0.25, 0.3) is 21.6 Å². The minimum Gasteiger partial charge on any atom is -0.370 e. The molecule has 2 N–H and O–H groups in total. The Morgan fingerprint density at radius 3 is 3.00 bits per heavy atom. The van der Waals surface area contributed by atoms with Crippen molar-refractivity contribution < 1.29 is 9.64 Å². The predicted octanol–water partition coefficient (Wildman–Crippen LogP) is 2.60. The summed E-state index contributed by atoms with van der Waals surface area (Å²) in [6, 6.07) is 3.98. The van der Waals surface area contributed by atoms with Crippen LogP contribution < -0.4 is 10.2 Å². The average molecular weight is 425 g/mol. The summed E-state index contributed by atoms with van der Waals surface area (Å²) >= 11 is 1.86. The fraction of sp³-hybridized carbons (Fsp3) is 0.522. The van der Waals surface area contributed by atoms with E-state index in [1.807, 2.05) is 29.7 Å². The van der Waals surface area contributed by atoms with Crippen molar-refractivity contribution >= 4 is 27.4 Å². The molecule has 7 heteroatoms. The van der Waals surface area contributed by atoms with Crippen LogP contribution >= 0.6 is 11.3 Å². The lowest BCUT2D eigenvalue weighted by molar-refractivity contribution is -0.908. The minimum absolute atomic E-state index is 0.754. The van der Waals surface area contributed by atoms with E-state index in [1.54, 1.807) is 11.1 Å². The second kappa shape index (κ2) is 8.96. The van der Waals surface area contributed by atoms with E-state index in [2.05, 4.69) is 17.2 Å². The Balaban J connectivity index is 1.42. The maximum atomic E-state index is 5.47. The second-order valence-corrected chi connectivity index (χ2v) is 9.65. The first-order valence-electron chi connectivity index (χ1n) is 11.2. The van der Waals surface area contributed by atoms with Gasteiger partial charge in [0.15, 0.2) is 5.82 Å². The first-order valence-corrected chi connectivity index (χ1v) is 12.0. The molecule has 1 atom stereocenters. The van der Waals surface area contributed by atoms with Gasteiger partial charge in [-0.1, -0.05) is 6.92 Å². The molecule has 0 bridgehead atoms. The van der Waals surface area contributed by atoms with E-state index < -0.39 is 0 Å². The summed E-state index contributed by atoms with van der Waals surface area (Å²) in [6.45, 7) is 8.50. The third kappa shape index (κ3) is 4.19. The van der Waals surface area contributed by atoms with E-state index in [4.69, 9.17) is 14.7 Å². The van der Waals surface area contributed by atoms with E-state index in [0.717, 1.165) is 73.6 Å². The van der Waals surface area contributed by atoms with Gasteiger partial charge in [-0.3, -0.25) is 4.98 Å². The van der Waals surface area contributed by atoms with Crippen LogP contribution in [-0.2, 0) is 17.6 Å². The Morgan fingerprint density at radius 1 is 1.27 bits per heavy atom. The van der Waals surface area contributed by atoms with Crippen molar-refractivity contribution in [1.29, 1.82) is 0 Å². The molecule has 4 heterocycles. The lowest BCUT2D eigenvalue weighted by Crippen LogP contribution is -3.14. The number of hydrogen-bond donors (Lipinski definition) is 2. The number of hydrogen-bond acceptors (Lipinski definition) is 6. The molecule has 1 saturated heterocycles. The molecule has 30 heavy (non-hydrogen) atoms. The Kier molecular flexibility index (Phi) is 5.93. The Hall–Kier alpha value is -2.09. The van der Waals surface area contributed by atoms with Crippen LogP contribution in [0, 0.1) is 5.92 Å². The molecule has 0 saturated carbocycles. The molecular weight excluding hydrogens is 394 g/mol. The third-order valence-corrected chi connectivity index (χ3v) is 7.42. The zero-order chi connectivity index (χ0) is 20.3.